The summed E-state index contributed by atoms with van der Waals surface area (Å²) in [5.41, 5.74) is -0.0405. The number of hydrogen-bond acceptors (Lipinski definition) is 3. The van der Waals surface area contributed by atoms with E-state index in [1.807, 2.05) is 0 Å². The summed E-state index contributed by atoms with van der Waals surface area (Å²) in [6.07, 6.45) is 3.53. The molecule has 1 aromatic rings. The molecule has 0 aromatic carbocycles. The molecule has 0 amide bonds. The maximum Gasteiger partial charge on any atom is 0.166 e. The van der Waals surface area contributed by atoms with Crippen molar-refractivity contribution in [3.63, 3.8) is 0 Å². The molecule has 3 nitrogen and oxygen atoms in total. The SMILES string of the molecule is OCC1(CNc2ncc(Br)cc2F)CC1. The van der Waals surface area contributed by atoms with Crippen LogP contribution in [0.2, 0.25) is 0 Å². The van der Waals surface area contributed by atoms with E-state index in [0.29, 0.717) is 11.0 Å². The van der Waals surface area contributed by atoms with Gasteiger partial charge in [0.25, 0.3) is 0 Å². The van der Waals surface area contributed by atoms with Gasteiger partial charge in [-0.2, -0.15) is 0 Å². The Kier molecular flexibility index (Phi) is 2.93. The molecule has 1 aliphatic carbocycles. The molecule has 5 heteroatoms. The monoisotopic (exact) mass is 274 g/mol. The largest absolute Gasteiger partial charge is 0.396 e. The third-order valence-electron chi connectivity index (χ3n) is 2.73. The Labute approximate surface area is 95.8 Å². The van der Waals surface area contributed by atoms with Crippen molar-refractivity contribution in [2.24, 2.45) is 5.41 Å². The molecule has 2 N–H and O–H groups in total. The van der Waals surface area contributed by atoms with Crippen LogP contribution in [0, 0.1) is 11.2 Å². The quantitative estimate of drug-likeness (QED) is 0.885. The number of aliphatic hydroxyl groups is 1. The Balaban J connectivity index is 1.99. The zero-order chi connectivity index (χ0) is 10.9. The van der Waals surface area contributed by atoms with Crippen molar-refractivity contribution in [2.75, 3.05) is 18.5 Å². The third kappa shape index (κ3) is 2.46. The summed E-state index contributed by atoms with van der Waals surface area (Å²) < 4.78 is 14.0. The highest BCUT2D eigenvalue weighted by Crippen LogP contribution is 2.44. The van der Waals surface area contributed by atoms with Crippen LogP contribution in [0.1, 0.15) is 12.8 Å². The normalized spacial score (nSPS) is 17.5. The second kappa shape index (κ2) is 4.06. The number of anilines is 1. The molecule has 0 atom stereocenters. The van der Waals surface area contributed by atoms with Gasteiger partial charge >= 0.3 is 0 Å². The summed E-state index contributed by atoms with van der Waals surface area (Å²) in [5, 5.41) is 12.0. The molecule has 0 radical (unpaired) electrons. The minimum absolute atomic E-state index is 0.0405. The summed E-state index contributed by atoms with van der Waals surface area (Å²) in [5.74, 6) is -0.129. The summed E-state index contributed by atoms with van der Waals surface area (Å²) in [6, 6.07) is 1.37. The first-order valence-electron chi connectivity index (χ1n) is 4.81. The van der Waals surface area contributed by atoms with Crippen LogP contribution < -0.4 is 5.32 Å². The average molecular weight is 275 g/mol. The van der Waals surface area contributed by atoms with Crippen LogP contribution in [0.4, 0.5) is 10.2 Å². The van der Waals surface area contributed by atoms with E-state index >= 15 is 0 Å². The number of hydrogen-bond donors (Lipinski definition) is 2. The highest BCUT2D eigenvalue weighted by Gasteiger charge is 2.41. The molecule has 0 aliphatic heterocycles. The molecule has 1 heterocycles. The van der Waals surface area contributed by atoms with Crippen molar-refractivity contribution in [2.45, 2.75) is 12.8 Å². The fraction of sp³-hybridized carbons (Fsp3) is 0.500. The lowest BCUT2D eigenvalue weighted by Gasteiger charge is -2.13. The lowest BCUT2D eigenvalue weighted by Crippen LogP contribution is -2.20. The van der Waals surface area contributed by atoms with E-state index in [9.17, 15) is 4.39 Å². The Bertz CT molecular complexity index is 368. The molecule has 15 heavy (non-hydrogen) atoms. The Morgan fingerprint density at radius 3 is 2.87 bits per heavy atom. The van der Waals surface area contributed by atoms with Gasteiger partial charge in [0, 0.05) is 22.6 Å². The lowest BCUT2D eigenvalue weighted by molar-refractivity contribution is 0.219. The van der Waals surface area contributed by atoms with Crippen LogP contribution in [0.5, 0.6) is 0 Å². The van der Waals surface area contributed by atoms with Gasteiger partial charge in [0.1, 0.15) is 0 Å². The summed E-state index contributed by atoms with van der Waals surface area (Å²) in [4.78, 5) is 3.93. The Hall–Kier alpha value is -0.680. The van der Waals surface area contributed by atoms with Gasteiger partial charge in [0.05, 0.1) is 6.61 Å². The van der Waals surface area contributed by atoms with Crippen molar-refractivity contribution in [3.05, 3.63) is 22.6 Å². The fourth-order valence-corrected chi connectivity index (χ4v) is 1.69. The zero-order valence-corrected chi connectivity index (χ0v) is 9.72. The van der Waals surface area contributed by atoms with Crippen LogP contribution >= 0.6 is 15.9 Å². The van der Waals surface area contributed by atoms with Gasteiger partial charge < -0.3 is 10.4 Å². The standard InChI is InChI=1S/C10H12BrFN2O/c11-7-3-8(12)9(13-4-7)14-5-10(6-15)1-2-10/h3-4,15H,1-2,5-6H2,(H,13,14). The number of pyridine rings is 1. The van der Waals surface area contributed by atoms with Gasteiger partial charge in [0.15, 0.2) is 11.6 Å². The lowest BCUT2D eigenvalue weighted by atomic mass is 10.1. The van der Waals surface area contributed by atoms with E-state index in [2.05, 4.69) is 26.2 Å². The summed E-state index contributed by atoms with van der Waals surface area (Å²) >= 11 is 3.14. The number of aromatic nitrogens is 1. The molecule has 1 saturated carbocycles. The molecule has 0 bridgehead atoms. The zero-order valence-electron chi connectivity index (χ0n) is 8.13. The first kappa shape index (κ1) is 10.8. The summed E-state index contributed by atoms with van der Waals surface area (Å²) in [7, 11) is 0. The molecule has 0 unspecified atom stereocenters. The highest BCUT2D eigenvalue weighted by molar-refractivity contribution is 9.10. The second-order valence-electron chi connectivity index (χ2n) is 4.00. The maximum absolute atomic E-state index is 13.3. The van der Waals surface area contributed by atoms with E-state index < -0.39 is 0 Å². The minimum atomic E-state index is -0.377. The molecule has 1 aliphatic rings. The molecule has 82 valence electrons. The average Bonchev–Trinajstić information content (AvgIpc) is 2.97. The number of nitrogens with zero attached hydrogens (tertiary/aromatic N) is 1. The third-order valence-corrected chi connectivity index (χ3v) is 3.16. The molecule has 0 saturated heterocycles. The Morgan fingerprint density at radius 2 is 2.33 bits per heavy atom. The smallest absolute Gasteiger partial charge is 0.166 e. The van der Waals surface area contributed by atoms with Crippen LogP contribution in [-0.4, -0.2) is 23.2 Å². The molecule has 1 aromatic heterocycles. The van der Waals surface area contributed by atoms with Crippen molar-refractivity contribution in [3.8, 4) is 0 Å². The number of rotatable bonds is 4. The predicted octanol–water partition coefficient (Wildman–Crippen LogP) is 2.17. The predicted molar refractivity (Wildman–Crippen MR) is 59.1 cm³/mol. The molecular weight excluding hydrogens is 263 g/mol. The van der Waals surface area contributed by atoms with Crippen molar-refractivity contribution in [1.82, 2.24) is 4.98 Å². The van der Waals surface area contributed by atoms with Gasteiger partial charge in [-0.3, -0.25) is 0 Å². The van der Waals surface area contributed by atoms with E-state index in [1.54, 1.807) is 6.20 Å². The first-order chi connectivity index (χ1) is 7.15. The molecule has 2 rings (SSSR count). The van der Waals surface area contributed by atoms with Gasteiger partial charge in [-0.15, -0.1) is 0 Å². The second-order valence-corrected chi connectivity index (χ2v) is 4.91. The van der Waals surface area contributed by atoms with Crippen LogP contribution in [0.3, 0.4) is 0 Å². The maximum atomic E-state index is 13.3. The fourth-order valence-electron chi connectivity index (χ4n) is 1.38. The Morgan fingerprint density at radius 1 is 1.60 bits per heavy atom. The van der Waals surface area contributed by atoms with Gasteiger partial charge in [-0.1, -0.05) is 0 Å². The van der Waals surface area contributed by atoms with Gasteiger partial charge in [0.2, 0.25) is 0 Å². The van der Waals surface area contributed by atoms with E-state index in [1.165, 1.54) is 6.07 Å². The molecular formula is C10H12BrFN2O. The van der Waals surface area contributed by atoms with E-state index in [-0.39, 0.29) is 23.7 Å². The van der Waals surface area contributed by atoms with Crippen molar-refractivity contribution < 1.29 is 9.50 Å². The van der Waals surface area contributed by atoms with Gasteiger partial charge in [-0.05, 0) is 34.8 Å². The number of nitrogens with one attached hydrogen (secondary N) is 1. The first-order valence-corrected chi connectivity index (χ1v) is 5.60. The van der Waals surface area contributed by atoms with Gasteiger partial charge in [-0.25, -0.2) is 9.37 Å². The van der Waals surface area contributed by atoms with Crippen molar-refractivity contribution in [1.29, 1.82) is 0 Å². The van der Waals surface area contributed by atoms with Crippen LogP contribution in [0.15, 0.2) is 16.7 Å². The molecule has 0 spiro atoms. The minimum Gasteiger partial charge on any atom is -0.396 e. The van der Waals surface area contributed by atoms with Crippen molar-refractivity contribution >= 4 is 21.7 Å². The van der Waals surface area contributed by atoms with Crippen LogP contribution in [0.25, 0.3) is 0 Å². The molecule has 1 fully saturated rings. The van der Waals surface area contributed by atoms with E-state index in [4.69, 9.17) is 5.11 Å². The summed E-state index contributed by atoms with van der Waals surface area (Å²) in [6.45, 7) is 0.729. The van der Waals surface area contributed by atoms with Crippen LogP contribution in [-0.2, 0) is 0 Å². The highest BCUT2D eigenvalue weighted by atomic mass is 79.9. The topological polar surface area (TPSA) is 45.1 Å². The number of aliphatic hydroxyl groups excluding tert-OH is 1. The number of halogens is 2. The van der Waals surface area contributed by atoms with E-state index in [0.717, 1.165) is 12.8 Å².